The van der Waals surface area contributed by atoms with Crippen LogP contribution in [0.25, 0.3) is 0 Å². The summed E-state index contributed by atoms with van der Waals surface area (Å²) in [4.78, 5) is 16.1. The van der Waals surface area contributed by atoms with Gasteiger partial charge in [-0.1, -0.05) is 12.1 Å². The van der Waals surface area contributed by atoms with E-state index in [1.165, 1.54) is 12.1 Å². The van der Waals surface area contributed by atoms with E-state index in [2.05, 4.69) is 4.98 Å². The fourth-order valence-corrected chi connectivity index (χ4v) is 2.34. The number of fused-ring (bicyclic) bond motifs is 1. The van der Waals surface area contributed by atoms with Gasteiger partial charge in [0.2, 0.25) is 5.88 Å². The maximum atomic E-state index is 13.1. The predicted octanol–water partition coefficient (Wildman–Crippen LogP) is 3.32. The van der Waals surface area contributed by atoms with E-state index >= 15 is 0 Å². The molecule has 102 valence electrons. The van der Waals surface area contributed by atoms with Crippen LogP contribution < -0.4 is 4.74 Å². The van der Waals surface area contributed by atoms with Crippen LogP contribution in [0.15, 0.2) is 36.4 Å². The zero-order valence-corrected chi connectivity index (χ0v) is 10.9. The summed E-state index contributed by atoms with van der Waals surface area (Å²) in [6.45, 7) is 0.261. The lowest BCUT2D eigenvalue weighted by atomic mass is 9.95. The first-order chi connectivity index (χ1) is 9.72. The molecule has 0 bridgehead atoms. The van der Waals surface area contributed by atoms with Gasteiger partial charge in [-0.3, -0.25) is 4.79 Å². The zero-order chi connectivity index (χ0) is 13.9. The highest BCUT2D eigenvalue weighted by molar-refractivity contribution is 5.98. The van der Waals surface area contributed by atoms with Gasteiger partial charge in [0.15, 0.2) is 5.78 Å². The Kier molecular flexibility index (Phi) is 3.46. The van der Waals surface area contributed by atoms with E-state index in [9.17, 15) is 9.18 Å². The summed E-state index contributed by atoms with van der Waals surface area (Å²) in [5, 5.41) is 0. The van der Waals surface area contributed by atoms with E-state index in [0.29, 0.717) is 17.9 Å². The van der Waals surface area contributed by atoms with E-state index in [-0.39, 0.29) is 18.2 Å². The number of hydrogen-bond acceptors (Lipinski definition) is 3. The molecule has 0 spiro atoms. The van der Waals surface area contributed by atoms with Crippen molar-refractivity contribution < 1.29 is 13.9 Å². The Morgan fingerprint density at radius 3 is 2.95 bits per heavy atom. The second kappa shape index (κ2) is 5.41. The molecule has 2 aromatic rings. The molecule has 0 saturated carbocycles. The fraction of sp³-hybridized carbons (Fsp3) is 0.250. The van der Waals surface area contributed by atoms with Crippen LogP contribution in [0.5, 0.6) is 5.88 Å². The highest BCUT2D eigenvalue weighted by atomic mass is 19.1. The normalized spacial score (nSPS) is 13.9. The van der Waals surface area contributed by atoms with E-state index < -0.39 is 0 Å². The molecule has 1 aromatic heterocycles. The number of ketones is 1. The van der Waals surface area contributed by atoms with Crippen molar-refractivity contribution in [1.82, 2.24) is 4.98 Å². The first kappa shape index (κ1) is 12.8. The van der Waals surface area contributed by atoms with Crippen LogP contribution in [0.4, 0.5) is 4.39 Å². The molecule has 1 aliphatic rings. The molecule has 0 saturated heterocycles. The lowest BCUT2D eigenvalue weighted by Gasteiger charge is -2.14. The summed E-state index contributed by atoms with van der Waals surface area (Å²) >= 11 is 0. The smallest absolute Gasteiger partial charge is 0.213 e. The first-order valence-electron chi connectivity index (χ1n) is 6.63. The molecule has 20 heavy (non-hydrogen) atoms. The van der Waals surface area contributed by atoms with Gasteiger partial charge < -0.3 is 4.74 Å². The summed E-state index contributed by atoms with van der Waals surface area (Å²) in [5.41, 5.74) is 2.26. The minimum atomic E-state index is -0.282. The van der Waals surface area contributed by atoms with Gasteiger partial charge in [-0.2, -0.15) is 0 Å². The van der Waals surface area contributed by atoms with Crippen LogP contribution in [0.3, 0.4) is 0 Å². The minimum absolute atomic E-state index is 0.149. The topological polar surface area (TPSA) is 39.2 Å². The average molecular weight is 271 g/mol. The number of ether oxygens (including phenoxy) is 1. The van der Waals surface area contributed by atoms with Gasteiger partial charge in [-0.25, -0.2) is 9.37 Å². The number of benzene rings is 1. The standard InChI is InChI=1S/C16H14FNO2/c17-12-4-1-3-11(9-12)10-20-16-8-7-13-14(18-16)5-2-6-15(13)19/h1,3-4,7-9H,2,5-6,10H2. The minimum Gasteiger partial charge on any atom is -0.473 e. The van der Waals surface area contributed by atoms with Gasteiger partial charge in [0.05, 0.1) is 5.69 Å². The number of Topliss-reactive ketones (excluding diaryl/α,β-unsaturated/α-hetero) is 1. The van der Waals surface area contributed by atoms with Gasteiger partial charge in [-0.15, -0.1) is 0 Å². The highest BCUT2D eigenvalue weighted by Gasteiger charge is 2.18. The molecule has 1 heterocycles. The van der Waals surface area contributed by atoms with E-state index in [1.54, 1.807) is 24.3 Å². The Morgan fingerprint density at radius 1 is 1.20 bits per heavy atom. The van der Waals surface area contributed by atoms with Gasteiger partial charge >= 0.3 is 0 Å². The first-order valence-corrected chi connectivity index (χ1v) is 6.63. The molecule has 1 aromatic carbocycles. The second-order valence-electron chi connectivity index (χ2n) is 4.84. The number of aromatic nitrogens is 1. The molecule has 4 heteroatoms. The van der Waals surface area contributed by atoms with Crippen LogP contribution in [0, 0.1) is 5.82 Å². The lowest BCUT2D eigenvalue weighted by molar-refractivity contribution is 0.0971. The third kappa shape index (κ3) is 2.69. The molecule has 0 radical (unpaired) electrons. The molecule has 0 aliphatic heterocycles. The molecule has 0 unspecified atom stereocenters. The maximum Gasteiger partial charge on any atom is 0.213 e. The van der Waals surface area contributed by atoms with Gasteiger partial charge in [0, 0.05) is 18.1 Å². The third-order valence-corrected chi connectivity index (χ3v) is 3.34. The SMILES string of the molecule is O=C1CCCc2nc(OCc3cccc(F)c3)ccc21. The molecule has 0 N–H and O–H groups in total. The summed E-state index contributed by atoms with van der Waals surface area (Å²) in [6.07, 6.45) is 2.24. The molecule has 3 nitrogen and oxygen atoms in total. The Hall–Kier alpha value is -2.23. The number of carbonyl (C=O) groups excluding carboxylic acids is 1. The molecule has 3 rings (SSSR count). The van der Waals surface area contributed by atoms with Crippen molar-refractivity contribution >= 4 is 5.78 Å². The highest BCUT2D eigenvalue weighted by Crippen LogP contribution is 2.22. The van der Waals surface area contributed by atoms with Crippen molar-refractivity contribution in [3.63, 3.8) is 0 Å². The number of carbonyl (C=O) groups is 1. The van der Waals surface area contributed by atoms with E-state index in [0.717, 1.165) is 24.1 Å². The summed E-state index contributed by atoms with van der Waals surface area (Å²) in [5.74, 6) is 0.341. The van der Waals surface area contributed by atoms with Crippen molar-refractivity contribution in [3.8, 4) is 5.88 Å². The maximum absolute atomic E-state index is 13.1. The number of aryl methyl sites for hydroxylation is 1. The van der Waals surface area contributed by atoms with Crippen LogP contribution >= 0.6 is 0 Å². The third-order valence-electron chi connectivity index (χ3n) is 3.34. The Balaban J connectivity index is 1.74. The molecular weight excluding hydrogens is 257 g/mol. The predicted molar refractivity (Wildman–Crippen MR) is 72.2 cm³/mol. The van der Waals surface area contributed by atoms with Gasteiger partial charge in [0.1, 0.15) is 12.4 Å². The molecular formula is C16H14FNO2. The number of rotatable bonds is 3. The Bertz CT molecular complexity index is 655. The Labute approximate surface area is 116 Å². The molecule has 1 aliphatic carbocycles. The number of nitrogens with zero attached hydrogens (tertiary/aromatic N) is 1. The van der Waals surface area contributed by atoms with Crippen molar-refractivity contribution in [2.24, 2.45) is 0 Å². The second-order valence-corrected chi connectivity index (χ2v) is 4.84. The number of pyridine rings is 1. The monoisotopic (exact) mass is 271 g/mol. The van der Waals surface area contributed by atoms with Crippen LogP contribution in [0.2, 0.25) is 0 Å². The summed E-state index contributed by atoms with van der Waals surface area (Å²) < 4.78 is 18.6. The van der Waals surface area contributed by atoms with Crippen LogP contribution in [-0.2, 0) is 13.0 Å². The van der Waals surface area contributed by atoms with Gasteiger partial charge in [-0.05, 0) is 36.6 Å². The van der Waals surface area contributed by atoms with E-state index in [1.807, 2.05) is 0 Å². The number of hydrogen-bond donors (Lipinski definition) is 0. The average Bonchev–Trinajstić information content (AvgIpc) is 2.45. The largest absolute Gasteiger partial charge is 0.473 e. The number of halogens is 1. The zero-order valence-electron chi connectivity index (χ0n) is 10.9. The van der Waals surface area contributed by atoms with Crippen molar-refractivity contribution in [1.29, 1.82) is 0 Å². The van der Waals surface area contributed by atoms with Crippen molar-refractivity contribution in [3.05, 3.63) is 59.0 Å². The van der Waals surface area contributed by atoms with Gasteiger partial charge in [0.25, 0.3) is 0 Å². The molecule has 0 amide bonds. The van der Waals surface area contributed by atoms with Crippen molar-refractivity contribution in [2.45, 2.75) is 25.9 Å². The summed E-state index contributed by atoms with van der Waals surface area (Å²) in [7, 11) is 0. The summed E-state index contributed by atoms with van der Waals surface area (Å²) in [6, 6.07) is 9.73. The lowest BCUT2D eigenvalue weighted by Crippen LogP contribution is -2.13. The molecule has 0 atom stereocenters. The van der Waals surface area contributed by atoms with Crippen LogP contribution in [-0.4, -0.2) is 10.8 Å². The fourth-order valence-electron chi connectivity index (χ4n) is 2.34. The quantitative estimate of drug-likeness (QED) is 0.859. The molecule has 0 fully saturated rings. The Morgan fingerprint density at radius 2 is 2.10 bits per heavy atom. The van der Waals surface area contributed by atoms with Crippen molar-refractivity contribution in [2.75, 3.05) is 0 Å². The van der Waals surface area contributed by atoms with E-state index in [4.69, 9.17) is 4.74 Å². The van der Waals surface area contributed by atoms with Crippen LogP contribution in [0.1, 0.15) is 34.5 Å².